The number of rotatable bonds is 15. The minimum absolute atomic E-state index is 0.140. The average molecular weight is 1400 g/mol. The zero-order valence-electron chi connectivity index (χ0n) is 56.7. The van der Waals surface area contributed by atoms with Crippen molar-refractivity contribution in [3.8, 4) is 51.0 Å². The van der Waals surface area contributed by atoms with E-state index in [-0.39, 0.29) is 35.6 Å². The molecule has 0 amide bonds. The minimum Gasteiger partial charge on any atom is -0.402 e. The molecule has 6 aromatic rings. The molecule has 6 unspecified atom stereocenters. The van der Waals surface area contributed by atoms with Crippen LogP contribution in [-0.4, -0.2) is 175 Å². The third kappa shape index (κ3) is 16.0. The van der Waals surface area contributed by atoms with Crippen molar-refractivity contribution in [2.75, 3.05) is 96.1 Å². The standard InChI is InChI=1S/3C23H30F3N5O2/c3*1-13(2)31-19(21-16-9-15(10-17(16)21)30-4-3-6-32-7-5-30)11-18(29-31)14-8-20(22(27)28-12-14)33-23(24,25)26/h3*8,11-13,15-17,21H,3-7,9-10H2,1-2H3,(H2,27,28)/t3*15?,16-,17+,21?. The van der Waals surface area contributed by atoms with Crippen molar-refractivity contribution in [3.63, 3.8) is 0 Å². The molecule has 6 aromatic heterocycles. The molecule has 0 radical (unpaired) electrons. The molecule has 3 aliphatic heterocycles. The van der Waals surface area contributed by atoms with Gasteiger partial charge in [-0.2, -0.15) is 15.3 Å². The van der Waals surface area contributed by atoms with E-state index in [1.165, 1.54) is 75.3 Å². The summed E-state index contributed by atoms with van der Waals surface area (Å²) in [7, 11) is 0. The van der Waals surface area contributed by atoms with Gasteiger partial charge in [-0.1, -0.05) is 0 Å². The van der Waals surface area contributed by atoms with Crippen molar-refractivity contribution in [1.82, 2.24) is 59.0 Å². The van der Waals surface area contributed by atoms with E-state index >= 15 is 0 Å². The molecular formula is C69H90F9N15O6. The Morgan fingerprint density at radius 3 is 0.869 bits per heavy atom. The van der Waals surface area contributed by atoms with Crippen LogP contribution in [0.5, 0.6) is 17.2 Å². The molecule has 0 spiro atoms. The number of halogens is 9. The summed E-state index contributed by atoms with van der Waals surface area (Å²) in [5.41, 5.74) is 23.4. The Kier molecular flexibility index (Phi) is 20.2. The van der Waals surface area contributed by atoms with E-state index in [4.69, 9.17) is 46.7 Å². The first kappa shape index (κ1) is 70.4. The van der Waals surface area contributed by atoms with Gasteiger partial charge in [-0.05, 0) is 171 Å². The van der Waals surface area contributed by atoms with Crippen LogP contribution in [0.3, 0.4) is 0 Å². The van der Waals surface area contributed by atoms with Crippen LogP contribution in [0.15, 0.2) is 55.0 Å². The summed E-state index contributed by atoms with van der Waals surface area (Å²) in [5, 5.41) is 14.2. The van der Waals surface area contributed by atoms with E-state index in [1.807, 2.05) is 32.2 Å². The second kappa shape index (κ2) is 28.4. The quantitative estimate of drug-likeness (QED) is 0.0811. The molecule has 9 fully saturated rings. The van der Waals surface area contributed by atoms with Gasteiger partial charge in [0.15, 0.2) is 34.7 Å². The molecular weight excluding hydrogens is 1310 g/mol. The molecule has 6 saturated carbocycles. The Hall–Kier alpha value is -6.99. The van der Waals surface area contributed by atoms with Crippen LogP contribution in [0.25, 0.3) is 33.8 Å². The lowest BCUT2D eigenvalue weighted by Crippen LogP contribution is -2.36. The molecule has 540 valence electrons. The van der Waals surface area contributed by atoms with Crippen LogP contribution in [0.2, 0.25) is 0 Å². The summed E-state index contributed by atoms with van der Waals surface area (Å²) in [6, 6.07) is 12.1. The Bertz CT molecular complexity index is 3350. The first-order valence-corrected chi connectivity index (χ1v) is 34.9. The summed E-state index contributed by atoms with van der Waals surface area (Å²) < 4.78 is 150. The summed E-state index contributed by atoms with van der Waals surface area (Å²) >= 11 is 0. The fraction of sp³-hybridized carbons (Fsp3) is 0.652. The first-order valence-electron chi connectivity index (χ1n) is 34.9. The zero-order valence-corrected chi connectivity index (χ0v) is 56.7. The maximum Gasteiger partial charge on any atom is 0.573 e. The number of nitrogens with zero attached hydrogens (tertiary/aromatic N) is 12. The predicted octanol–water partition coefficient (Wildman–Crippen LogP) is 12.7. The van der Waals surface area contributed by atoms with E-state index < -0.39 is 36.3 Å². The van der Waals surface area contributed by atoms with Gasteiger partial charge in [-0.25, -0.2) is 15.0 Å². The number of ether oxygens (including phenoxy) is 6. The van der Waals surface area contributed by atoms with Crippen molar-refractivity contribution in [2.24, 2.45) is 35.5 Å². The molecule has 9 aliphatic rings. The molecule has 0 bridgehead atoms. The molecule has 9 heterocycles. The largest absolute Gasteiger partial charge is 0.573 e. The lowest BCUT2D eigenvalue weighted by molar-refractivity contribution is -0.275. The number of hydrogen-bond donors (Lipinski definition) is 3. The van der Waals surface area contributed by atoms with Crippen LogP contribution >= 0.6 is 0 Å². The highest BCUT2D eigenvalue weighted by Crippen LogP contribution is 2.67. The summed E-state index contributed by atoms with van der Waals surface area (Å²) in [6.07, 6.45) is 0.194. The summed E-state index contributed by atoms with van der Waals surface area (Å²) in [5.74, 6) is 2.71. The number of fused-ring (bicyclic) bond motifs is 3. The van der Waals surface area contributed by atoms with Crippen molar-refractivity contribution in [2.45, 2.75) is 172 Å². The van der Waals surface area contributed by atoms with Gasteiger partial charge in [0.2, 0.25) is 0 Å². The van der Waals surface area contributed by atoms with Gasteiger partial charge in [-0.15, -0.1) is 39.5 Å². The Balaban J connectivity index is 0.000000133. The van der Waals surface area contributed by atoms with Gasteiger partial charge in [0, 0.05) is 165 Å². The first-order chi connectivity index (χ1) is 47.1. The third-order valence-electron chi connectivity index (χ3n) is 21.6. The lowest BCUT2D eigenvalue weighted by Gasteiger charge is -2.28. The zero-order chi connectivity index (χ0) is 70.0. The Morgan fingerprint density at radius 2 is 0.636 bits per heavy atom. The maximum absolute atomic E-state index is 12.7. The highest BCUT2D eigenvalue weighted by atomic mass is 19.4. The van der Waals surface area contributed by atoms with Gasteiger partial charge in [0.1, 0.15) is 0 Å². The summed E-state index contributed by atoms with van der Waals surface area (Å²) in [4.78, 5) is 19.5. The monoisotopic (exact) mass is 1400 g/mol. The minimum atomic E-state index is -4.83. The molecule has 15 rings (SSSR count). The van der Waals surface area contributed by atoms with Gasteiger partial charge in [0.05, 0.1) is 36.9 Å². The van der Waals surface area contributed by atoms with Crippen LogP contribution in [0.1, 0.15) is 152 Å². The molecule has 99 heavy (non-hydrogen) atoms. The van der Waals surface area contributed by atoms with Crippen LogP contribution < -0.4 is 31.4 Å². The van der Waals surface area contributed by atoms with Crippen molar-refractivity contribution < 1.29 is 67.9 Å². The molecule has 30 heteroatoms. The number of anilines is 3. The Labute approximate surface area is 569 Å². The maximum atomic E-state index is 12.7. The van der Waals surface area contributed by atoms with Crippen molar-refractivity contribution in [1.29, 1.82) is 0 Å². The topological polar surface area (TPSA) is 235 Å². The molecule has 12 atom stereocenters. The second-order valence-corrected chi connectivity index (χ2v) is 28.9. The van der Waals surface area contributed by atoms with Crippen LogP contribution in [-0.2, 0) is 14.2 Å². The van der Waals surface area contributed by atoms with E-state index in [0.717, 1.165) is 115 Å². The highest BCUT2D eigenvalue weighted by molar-refractivity contribution is 5.67. The fourth-order valence-corrected chi connectivity index (χ4v) is 17.1. The van der Waals surface area contributed by atoms with Crippen LogP contribution in [0.4, 0.5) is 57.0 Å². The third-order valence-corrected chi connectivity index (χ3v) is 21.6. The average Bonchev–Trinajstić information content (AvgIpc) is 1.57. The van der Waals surface area contributed by atoms with Crippen molar-refractivity contribution in [3.05, 3.63) is 72.1 Å². The number of nitrogens with two attached hydrogens (primary N) is 3. The molecule has 3 saturated heterocycles. The SMILES string of the molecule is CC(C)n1nc(-c2cnc(N)c(OC(F)(F)F)c2)cc1C1[C@H]2CC(N3CCCOCC3)C[C@@H]12.CC(C)n1nc(-c2cnc(N)c(OC(F)(F)F)c2)cc1C1[C@H]2CC(N3CCCOCC3)C[C@@H]12.CC(C)n1nc(-c2cnc(N)c(OC(F)(F)F)c2)cc1C1[C@H]2CC(N3CCCOCC3)C[C@@H]12. The number of nitrogen functional groups attached to an aromatic ring is 3. The molecule has 6 aliphatic carbocycles. The van der Waals surface area contributed by atoms with Gasteiger partial charge in [0.25, 0.3) is 0 Å². The lowest BCUT2D eigenvalue weighted by atomic mass is 10.0. The summed E-state index contributed by atoms with van der Waals surface area (Å²) in [6.45, 7) is 23.7. The van der Waals surface area contributed by atoms with E-state index in [2.05, 4.69) is 85.4 Å². The normalized spacial score (nSPS) is 28.1. The van der Waals surface area contributed by atoms with E-state index in [1.54, 1.807) is 0 Å². The molecule has 21 nitrogen and oxygen atoms in total. The van der Waals surface area contributed by atoms with Crippen LogP contribution in [0, 0.1) is 35.5 Å². The number of aromatic nitrogens is 9. The Morgan fingerprint density at radius 1 is 0.384 bits per heavy atom. The second-order valence-electron chi connectivity index (χ2n) is 28.9. The molecule has 0 aromatic carbocycles. The van der Waals surface area contributed by atoms with E-state index in [0.29, 0.717) is 105 Å². The smallest absolute Gasteiger partial charge is 0.402 e. The highest BCUT2D eigenvalue weighted by Gasteiger charge is 2.61. The predicted molar refractivity (Wildman–Crippen MR) is 350 cm³/mol. The van der Waals surface area contributed by atoms with Gasteiger partial charge in [-0.3, -0.25) is 28.7 Å². The molecule has 6 N–H and O–H groups in total. The van der Waals surface area contributed by atoms with E-state index in [9.17, 15) is 39.5 Å². The number of hydrogen-bond acceptors (Lipinski definition) is 18. The number of pyridine rings is 3. The van der Waals surface area contributed by atoms with Gasteiger partial charge >= 0.3 is 19.1 Å². The number of alkyl halides is 9. The van der Waals surface area contributed by atoms with Crippen molar-refractivity contribution >= 4 is 17.5 Å². The van der Waals surface area contributed by atoms with Gasteiger partial charge < -0.3 is 45.6 Å². The fourth-order valence-electron chi connectivity index (χ4n) is 17.1.